The number of hydrogen-bond acceptors (Lipinski definition) is 6. The Bertz CT molecular complexity index is 831. The van der Waals surface area contributed by atoms with Gasteiger partial charge in [0.2, 0.25) is 15.9 Å². The fraction of sp³-hybridized carbons (Fsp3) is 0.579. The number of carboxylic acid groups (broad SMARTS) is 1. The number of likely N-dealkylation sites (N-methyl/N-ethyl adjacent to an activating group) is 1. The van der Waals surface area contributed by atoms with E-state index in [0.717, 1.165) is 5.69 Å². The van der Waals surface area contributed by atoms with Gasteiger partial charge in [0.25, 0.3) is 0 Å². The largest absolute Gasteiger partial charge is 0.478 e. The fourth-order valence-corrected chi connectivity index (χ4v) is 3.92. The van der Waals surface area contributed by atoms with E-state index in [1.54, 1.807) is 6.07 Å². The number of benzene rings is 1. The summed E-state index contributed by atoms with van der Waals surface area (Å²) in [5.74, 6) is -1.21. The van der Waals surface area contributed by atoms with Crippen LogP contribution in [-0.2, 0) is 14.8 Å². The SMILES string of the molecule is CCN(CC)C(=O)CN1CCN(c2ccc(NS(=O)(=O)CC)c(C(=O)O)c2)CC1. The molecule has 162 valence electrons. The van der Waals surface area contributed by atoms with Gasteiger partial charge in [0, 0.05) is 45.0 Å². The highest BCUT2D eigenvalue weighted by Crippen LogP contribution is 2.25. The molecule has 2 rings (SSSR count). The summed E-state index contributed by atoms with van der Waals surface area (Å²) in [6.07, 6.45) is 0. The molecular formula is C19H30N4O5S. The number of piperazine rings is 1. The number of amides is 1. The van der Waals surface area contributed by atoms with Gasteiger partial charge in [-0.15, -0.1) is 0 Å². The molecule has 10 heteroatoms. The zero-order valence-electron chi connectivity index (χ0n) is 17.2. The number of carboxylic acids is 1. The highest BCUT2D eigenvalue weighted by atomic mass is 32.2. The van der Waals surface area contributed by atoms with Crippen molar-refractivity contribution in [1.82, 2.24) is 9.80 Å². The van der Waals surface area contributed by atoms with E-state index >= 15 is 0 Å². The van der Waals surface area contributed by atoms with Crippen molar-refractivity contribution < 1.29 is 23.1 Å². The van der Waals surface area contributed by atoms with Crippen LogP contribution in [0.15, 0.2) is 18.2 Å². The topological polar surface area (TPSA) is 110 Å². The minimum Gasteiger partial charge on any atom is -0.478 e. The fourth-order valence-electron chi connectivity index (χ4n) is 3.27. The molecule has 1 fully saturated rings. The Morgan fingerprint density at radius 2 is 1.72 bits per heavy atom. The van der Waals surface area contributed by atoms with Gasteiger partial charge < -0.3 is 14.9 Å². The van der Waals surface area contributed by atoms with E-state index in [0.29, 0.717) is 45.8 Å². The summed E-state index contributed by atoms with van der Waals surface area (Å²) in [4.78, 5) is 29.8. The lowest BCUT2D eigenvalue weighted by Crippen LogP contribution is -2.50. The van der Waals surface area contributed by atoms with Crippen LogP contribution in [-0.4, -0.2) is 86.8 Å². The maximum absolute atomic E-state index is 12.3. The van der Waals surface area contributed by atoms with E-state index in [2.05, 4.69) is 9.62 Å². The second-order valence-electron chi connectivity index (χ2n) is 6.87. The Hall–Kier alpha value is -2.33. The lowest BCUT2D eigenvalue weighted by molar-refractivity contribution is -0.132. The Labute approximate surface area is 172 Å². The van der Waals surface area contributed by atoms with Gasteiger partial charge in [-0.25, -0.2) is 13.2 Å². The molecule has 1 aliphatic rings. The van der Waals surface area contributed by atoms with Crippen molar-refractivity contribution in [2.75, 3.05) is 61.2 Å². The van der Waals surface area contributed by atoms with Crippen LogP contribution in [0, 0.1) is 0 Å². The molecule has 1 heterocycles. The van der Waals surface area contributed by atoms with Crippen LogP contribution in [0.3, 0.4) is 0 Å². The summed E-state index contributed by atoms with van der Waals surface area (Å²) in [6.45, 7) is 9.89. The predicted molar refractivity (Wildman–Crippen MR) is 113 cm³/mol. The number of nitrogens with one attached hydrogen (secondary N) is 1. The van der Waals surface area contributed by atoms with Crippen molar-refractivity contribution >= 4 is 33.3 Å². The molecule has 0 bridgehead atoms. The maximum atomic E-state index is 12.3. The molecule has 1 aromatic carbocycles. The average Bonchev–Trinajstić information content (AvgIpc) is 2.69. The number of carbonyl (C=O) groups is 2. The summed E-state index contributed by atoms with van der Waals surface area (Å²) in [5, 5.41) is 9.49. The smallest absolute Gasteiger partial charge is 0.337 e. The Balaban J connectivity index is 2.06. The molecule has 2 N–H and O–H groups in total. The first-order chi connectivity index (χ1) is 13.7. The van der Waals surface area contributed by atoms with Crippen LogP contribution in [0.5, 0.6) is 0 Å². The molecule has 0 aliphatic carbocycles. The third-order valence-electron chi connectivity index (χ3n) is 5.09. The molecule has 0 spiro atoms. The second-order valence-corrected chi connectivity index (χ2v) is 8.88. The van der Waals surface area contributed by atoms with Crippen molar-refractivity contribution in [2.45, 2.75) is 20.8 Å². The van der Waals surface area contributed by atoms with Gasteiger partial charge in [0.15, 0.2) is 0 Å². The first kappa shape index (κ1) is 23.0. The van der Waals surface area contributed by atoms with Gasteiger partial charge in [-0.05, 0) is 39.0 Å². The molecule has 1 aromatic rings. The Morgan fingerprint density at radius 3 is 2.24 bits per heavy atom. The quantitative estimate of drug-likeness (QED) is 0.609. The van der Waals surface area contributed by atoms with Crippen molar-refractivity contribution in [1.29, 1.82) is 0 Å². The number of nitrogens with zero attached hydrogens (tertiary/aromatic N) is 3. The number of anilines is 2. The van der Waals surface area contributed by atoms with E-state index in [1.165, 1.54) is 19.1 Å². The van der Waals surface area contributed by atoms with E-state index in [4.69, 9.17) is 0 Å². The third-order valence-corrected chi connectivity index (χ3v) is 6.38. The lowest BCUT2D eigenvalue weighted by Gasteiger charge is -2.36. The molecule has 0 radical (unpaired) electrons. The standard InChI is InChI=1S/C19H30N4O5S/c1-4-22(5-2)18(24)14-21-9-11-23(12-10-21)15-7-8-17(16(13-15)19(25)26)20-29(27,28)6-3/h7-8,13,20H,4-6,9-12,14H2,1-3H3,(H,25,26). The first-order valence-electron chi connectivity index (χ1n) is 9.83. The van der Waals surface area contributed by atoms with Crippen LogP contribution >= 0.6 is 0 Å². The molecule has 9 nitrogen and oxygen atoms in total. The molecule has 1 amide bonds. The predicted octanol–water partition coefficient (Wildman–Crippen LogP) is 1.14. The van der Waals surface area contributed by atoms with Crippen molar-refractivity contribution in [3.63, 3.8) is 0 Å². The lowest BCUT2D eigenvalue weighted by atomic mass is 10.1. The zero-order chi connectivity index (χ0) is 21.6. The summed E-state index contributed by atoms with van der Waals surface area (Å²) >= 11 is 0. The van der Waals surface area contributed by atoms with Crippen LogP contribution in [0.4, 0.5) is 11.4 Å². The summed E-state index contributed by atoms with van der Waals surface area (Å²) in [7, 11) is -3.57. The van der Waals surface area contributed by atoms with Gasteiger partial charge in [0.1, 0.15) is 0 Å². The summed E-state index contributed by atoms with van der Waals surface area (Å²) < 4.78 is 25.9. The summed E-state index contributed by atoms with van der Waals surface area (Å²) in [5.41, 5.74) is 0.696. The Morgan fingerprint density at radius 1 is 1.10 bits per heavy atom. The molecule has 0 aromatic heterocycles. The molecule has 1 aliphatic heterocycles. The first-order valence-corrected chi connectivity index (χ1v) is 11.5. The zero-order valence-corrected chi connectivity index (χ0v) is 18.0. The maximum Gasteiger partial charge on any atom is 0.337 e. The van der Waals surface area contributed by atoms with Crippen LogP contribution in [0.1, 0.15) is 31.1 Å². The summed E-state index contributed by atoms with van der Waals surface area (Å²) in [6, 6.07) is 4.70. The van der Waals surface area contributed by atoms with Gasteiger partial charge in [-0.1, -0.05) is 0 Å². The number of hydrogen-bond donors (Lipinski definition) is 2. The highest BCUT2D eigenvalue weighted by molar-refractivity contribution is 7.92. The number of rotatable bonds is 9. The molecule has 1 saturated heterocycles. The minimum absolute atomic E-state index is 0.0616. The van der Waals surface area contributed by atoms with Crippen LogP contribution in [0.2, 0.25) is 0 Å². The van der Waals surface area contributed by atoms with Crippen molar-refractivity contribution in [2.24, 2.45) is 0 Å². The normalized spacial score (nSPS) is 15.2. The molecular weight excluding hydrogens is 396 g/mol. The second kappa shape index (κ2) is 9.93. The van der Waals surface area contributed by atoms with E-state index in [-0.39, 0.29) is 22.9 Å². The average molecular weight is 427 g/mol. The molecule has 0 unspecified atom stereocenters. The monoisotopic (exact) mass is 426 g/mol. The molecule has 29 heavy (non-hydrogen) atoms. The molecule has 0 atom stereocenters. The van der Waals surface area contributed by atoms with Crippen molar-refractivity contribution in [3.8, 4) is 0 Å². The Kier molecular flexibility index (Phi) is 7.86. The number of carbonyl (C=O) groups excluding carboxylic acids is 1. The van der Waals surface area contributed by atoms with Crippen LogP contribution < -0.4 is 9.62 Å². The number of aromatic carboxylic acids is 1. The van der Waals surface area contributed by atoms with E-state index in [1.807, 2.05) is 23.6 Å². The van der Waals surface area contributed by atoms with E-state index < -0.39 is 16.0 Å². The molecule has 0 saturated carbocycles. The van der Waals surface area contributed by atoms with Gasteiger partial charge >= 0.3 is 5.97 Å². The minimum atomic E-state index is -3.57. The van der Waals surface area contributed by atoms with E-state index in [9.17, 15) is 23.1 Å². The van der Waals surface area contributed by atoms with Gasteiger partial charge in [-0.2, -0.15) is 0 Å². The van der Waals surface area contributed by atoms with Gasteiger partial charge in [-0.3, -0.25) is 14.4 Å². The third kappa shape index (κ3) is 6.07. The van der Waals surface area contributed by atoms with Gasteiger partial charge in [0.05, 0.1) is 23.5 Å². The van der Waals surface area contributed by atoms with Crippen LogP contribution in [0.25, 0.3) is 0 Å². The number of sulfonamides is 1. The highest BCUT2D eigenvalue weighted by Gasteiger charge is 2.23. The van der Waals surface area contributed by atoms with Crippen molar-refractivity contribution in [3.05, 3.63) is 23.8 Å².